The van der Waals surface area contributed by atoms with Crippen LogP contribution in [-0.2, 0) is 14.3 Å². The molecule has 1 aliphatic rings. The van der Waals surface area contributed by atoms with E-state index in [9.17, 15) is 14.4 Å². The van der Waals surface area contributed by atoms with Crippen molar-refractivity contribution >= 4 is 57.9 Å². The molecule has 1 aliphatic heterocycles. The Labute approximate surface area is 146 Å². The highest BCUT2D eigenvalue weighted by molar-refractivity contribution is 8.13. The second-order valence-electron chi connectivity index (χ2n) is 4.64. The summed E-state index contributed by atoms with van der Waals surface area (Å²) in [5.74, 6) is -0.478. The maximum Gasteiger partial charge on any atom is 0.326 e. The highest BCUT2D eigenvalue weighted by Gasteiger charge is 2.26. The van der Waals surface area contributed by atoms with Gasteiger partial charge in [0.15, 0.2) is 11.9 Å². The summed E-state index contributed by atoms with van der Waals surface area (Å²) in [4.78, 5) is 40.4. The largest absolute Gasteiger partial charge is 0.451 e. The van der Waals surface area contributed by atoms with Crippen LogP contribution in [0.1, 0.15) is 6.92 Å². The number of carbonyl (C=O) groups excluding carboxylic acids is 3. The van der Waals surface area contributed by atoms with Crippen molar-refractivity contribution in [2.45, 2.75) is 13.0 Å². The van der Waals surface area contributed by atoms with Crippen LogP contribution in [0.2, 0.25) is 10.0 Å². The first kappa shape index (κ1) is 17.8. The molecule has 0 aliphatic carbocycles. The van der Waals surface area contributed by atoms with Crippen molar-refractivity contribution in [3.8, 4) is 0 Å². The van der Waals surface area contributed by atoms with E-state index in [2.05, 4.69) is 10.3 Å². The molecule has 23 heavy (non-hydrogen) atoms. The topological polar surface area (TPSA) is 88.6 Å². The Morgan fingerprint density at radius 3 is 2.87 bits per heavy atom. The average molecular weight is 378 g/mol. The summed E-state index contributed by atoms with van der Waals surface area (Å²) in [5, 5.41) is 2.78. The lowest BCUT2D eigenvalue weighted by Gasteiger charge is -2.17. The van der Waals surface area contributed by atoms with E-state index < -0.39 is 18.0 Å². The van der Waals surface area contributed by atoms with Crippen molar-refractivity contribution in [1.29, 1.82) is 0 Å². The summed E-state index contributed by atoms with van der Waals surface area (Å²) in [6, 6.07) is 1.43. The predicted molar refractivity (Wildman–Crippen MR) is 87.9 cm³/mol. The van der Waals surface area contributed by atoms with Gasteiger partial charge in [0, 0.05) is 18.5 Å². The fourth-order valence-corrected chi connectivity index (χ4v) is 2.99. The first-order valence-corrected chi connectivity index (χ1v) is 8.34. The van der Waals surface area contributed by atoms with Gasteiger partial charge in [-0.05, 0) is 13.0 Å². The van der Waals surface area contributed by atoms with Crippen LogP contribution in [0.3, 0.4) is 0 Å². The second-order valence-corrected chi connectivity index (χ2v) is 6.53. The molecule has 10 heteroatoms. The van der Waals surface area contributed by atoms with E-state index in [1.165, 1.54) is 24.1 Å². The monoisotopic (exact) mass is 377 g/mol. The number of nitrogens with zero attached hydrogens (tertiary/aromatic N) is 2. The van der Waals surface area contributed by atoms with Gasteiger partial charge < -0.3 is 15.0 Å². The van der Waals surface area contributed by atoms with E-state index in [1.807, 2.05) is 0 Å². The van der Waals surface area contributed by atoms with Gasteiger partial charge in [0.1, 0.15) is 6.54 Å². The minimum atomic E-state index is -1.05. The smallest absolute Gasteiger partial charge is 0.326 e. The second kappa shape index (κ2) is 7.85. The first-order chi connectivity index (χ1) is 10.9. The zero-order valence-corrected chi connectivity index (χ0v) is 14.4. The number of pyridine rings is 1. The third-order valence-corrected chi connectivity index (χ3v) is 4.28. The molecule has 124 valence electrons. The summed E-state index contributed by atoms with van der Waals surface area (Å²) in [5.41, 5.74) is 0. The highest BCUT2D eigenvalue weighted by atomic mass is 35.5. The van der Waals surface area contributed by atoms with Gasteiger partial charge in [0.25, 0.3) is 11.1 Å². The van der Waals surface area contributed by atoms with Crippen molar-refractivity contribution in [3.63, 3.8) is 0 Å². The lowest BCUT2D eigenvalue weighted by atomic mass is 10.3. The zero-order chi connectivity index (χ0) is 17.0. The van der Waals surface area contributed by atoms with Crippen molar-refractivity contribution in [1.82, 2.24) is 9.88 Å². The number of nitrogens with one attached hydrogen (secondary N) is 1. The summed E-state index contributed by atoms with van der Waals surface area (Å²) >= 11 is 12.8. The van der Waals surface area contributed by atoms with Gasteiger partial charge in [-0.15, -0.1) is 0 Å². The Balaban J connectivity index is 1.86. The molecule has 0 saturated carbocycles. The zero-order valence-electron chi connectivity index (χ0n) is 12.0. The number of esters is 1. The quantitative estimate of drug-likeness (QED) is 0.792. The molecule has 1 aromatic heterocycles. The normalized spacial score (nSPS) is 15.4. The number of halogens is 2. The third-order valence-electron chi connectivity index (χ3n) is 2.89. The molecule has 0 spiro atoms. The van der Waals surface area contributed by atoms with Gasteiger partial charge >= 0.3 is 5.97 Å². The van der Waals surface area contributed by atoms with Crippen molar-refractivity contribution in [3.05, 3.63) is 22.3 Å². The lowest BCUT2D eigenvalue weighted by Crippen LogP contribution is -2.36. The maximum absolute atomic E-state index is 12.0. The molecule has 1 saturated heterocycles. The van der Waals surface area contributed by atoms with Crippen molar-refractivity contribution in [2.75, 3.05) is 24.2 Å². The van der Waals surface area contributed by atoms with Crippen LogP contribution in [-0.4, -0.2) is 51.9 Å². The molecule has 1 N–H and O–H groups in total. The Morgan fingerprint density at radius 1 is 1.52 bits per heavy atom. The SMILES string of the molecule is C[C@H](OC(=O)CN1CCSC1=O)C(=O)Nc1ncc(Cl)cc1Cl. The molecule has 0 bridgehead atoms. The molecule has 2 amide bonds. The summed E-state index contributed by atoms with van der Waals surface area (Å²) < 4.78 is 5.01. The molecular formula is C13H13Cl2N3O4S. The molecule has 1 atom stereocenters. The van der Waals surface area contributed by atoms with Gasteiger partial charge in [-0.25, -0.2) is 4.98 Å². The Kier molecular flexibility index (Phi) is 6.09. The van der Waals surface area contributed by atoms with Crippen LogP contribution >= 0.6 is 35.0 Å². The van der Waals surface area contributed by atoms with Crippen LogP contribution in [0.5, 0.6) is 0 Å². The van der Waals surface area contributed by atoms with Crippen molar-refractivity contribution in [2.24, 2.45) is 0 Å². The van der Waals surface area contributed by atoms with Crippen LogP contribution in [0, 0.1) is 0 Å². The molecule has 1 aromatic rings. The van der Waals surface area contributed by atoms with Crippen LogP contribution in [0.25, 0.3) is 0 Å². The van der Waals surface area contributed by atoms with Gasteiger partial charge in [0.05, 0.1) is 10.0 Å². The predicted octanol–water partition coefficient (Wildman–Crippen LogP) is 2.43. The number of thioether (sulfide) groups is 1. The van der Waals surface area contributed by atoms with Gasteiger partial charge in [-0.2, -0.15) is 0 Å². The van der Waals surface area contributed by atoms with Crippen LogP contribution in [0.4, 0.5) is 10.6 Å². The minimum Gasteiger partial charge on any atom is -0.451 e. The number of ether oxygens (including phenoxy) is 1. The number of aromatic nitrogens is 1. The fraction of sp³-hybridized carbons (Fsp3) is 0.385. The third kappa shape index (κ3) is 4.98. The molecule has 1 fully saturated rings. The van der Waals surface area contributed by atoms with Gasteiger partial charge in [-0.1, -0.05) is 35.0 Å². The Bertz CT molecular complexity index is 644. The van der Waals surface area contributed by atoms with E-state index in [-0.39, 0.29) is 22.6 Å². The summed E-state index contributed by atoms with van der Waals surface area (Å²) in [6.45, 7) is 1.73. The Hall–Kier alpha value is -1.51. The molecule has 0 aromatic carbocycles. The Morgan fingerprint density at radius 2 is 2.26 bits per heavy atom. The van der Waals surface area contributed by atoms with Crippen LogP contribution < -0.4 is 5.32 Å². The number of rotatable bonds is 5. The minimum absolute atomic E-state index is 0.120. The first-order valence-electron chi connectivity index (χ1n) is 6.60. The van der Waals surface area contributed by atoms with E-state index in [4.69, 9.17) is 27.9 Å². The standard InChI is InChI=1S/C13H13Cl2N3O4S/c1-7(22-10(19)6-18-2-3-23-13(18)21)12(20)17-11-9(15)4-8(14)5-16-11/h4-5,7H,2-3,6H2,1H3,(H,16,17,20)/t7-/m0/s1. The van der Waals surface area contributed by atoms with E-state index in [0.717, 1.165) is 11.8 Å². The number of hydrogen-bond acceptors (Lipinski definition) is 6. The number of hydrogen-bond donors (Lipinski definition) is 1. The average Bonchev–Trinajstić information content (AvgIpc) is 2.87. The molecule has 0 radical (unpaired) electrons. The molecule has 0 unspecified atom stereocenters. The molecular weight excluding hydrogens is 365 g/mol. The van der Waals surface area contributed by atoms with E-state index in [1.54, 1.807) is 0 Å². The molecule has 7 nitrogen and oxygen atoms in total. The van der Waals surface area contributed by atoms with Gasteiger partial charge in [0.2, 0.25) is 0 Å². The number of anilines is 1. The van der Waals surface area contributed by atoms with Crippen molar-refractivity contribution < 1.29 is 19.1 Å². The number of amides is 2. The van der Waals surface area contributed by atoms with Gasteiger partial charge in [-0.3, -0.25) is 14.4 Å². The highest BCUT2D eigenvalue weighted by Crippen LogP contribution is 2.22. The van der Waals surface area contributed by atoms with Crippen LogP contribution in [0.15, 0.2) is 12.3 Å². The van der Waals surface area contributed by atoms with E-state index in [0.29, 0.717) is 17.3 Å². The number of carbonyl (C=O) groups is 3. The molecule has 2 heterocycles. The summed E-state index contributed by atoms with van der Waals surface area (Å²) in [7, 11) is 0. The van der Waals surface area contributed by atoms with E-state index >= 15 is 0 Å². The summed E-state index contributed by atoms with van der Waals surface area (Å²) in [6.07, 6.45) is 0.275. The fourth-order valence-electron chi connectivity index (χ4n) is 1.74. The maximum atomic E-state index is 12.0. The lowest BCUT2D eigenvalue weighted by molar-refractivity contribution is -0.153. The molecule has 2 rings (SSSR count).